The molecule has 22 heavy (non-hydrogen) atoms. The zero-order chi connectivity index (χ0) is 15.9. The van der Waals surface area contributed by atoms with Gasteiger partial charge in [-0.15, -0.1) is 0 Å². The SMILES string of the molecule is COc1cccc(/C=C/CCN2C[C@@H](CC(N)=O)[C@H](O)C2)c1. The molecule has 1 amide bonds. The third kappa shape index (κ3) is 4.86. The first-order chi connectivity index (χ1) is 10.6. The fourth-order valence-corrected chi connectivity index (χ4v) is 2.80. The Balaban J connectivity index is 1.76. The summed E-state index contributed by atoms with van der Waals surface area (Å²) < 4.78 is 5.19. The van der Waals surface area contributed by atoms with Gasteiger partial charge >= 0.3 is 0 Å². The van der Waals surface area contributed by atoms with Crippen molar-refractivity contribution in [3.05, 3.63) is 35.9 Å². The van der Waals surface area contributed by atoms with Gasteiger partial charge in [0.2, 0.25) is 5.91 Å². The normalized spacial score (nSPS) is 22.3. The number of nitrogens with two attached hydrogens (primary N) is 1. The number of aliphatic hydroxyl groups excluding tert-OH is 1. The van der Waals surface area contributed by atoms with Crippen LogP contribution in [0.4, 0.5) is 0 Å². The highest BCUT2D eigenvalue weighted by Gasteiger charge is 2.31. The highest BCUT2D eigenvalue weighted by atomic mass is 16.5. The number of amides is 1. The van der Waals surface area contributed by atoms with Crippen LogP contribution in [0.5, 0.6) is 5.75 Å². The van der Waals surface area contributed by atoms with Gasteiger partial charge in [-0.3, -0.25) is 4.79 Å². The highest BCUT2D eigenvalue weighted by Crippen LogP contribution is 2.20. The summed E-state index contributed by atoms with van der Waals surface area (Å²) in [6.07, 6.45) is 4.89. The predicted octanol–water partition coefficient (Wildman–Crippen LogP) is 1.27. The van der Waals surface area contributed by atoms with Crippen molar-refractivity contribution in [3.8, 4) is 5.75 Å². The van der Waals surface area contributed by atoms with Crippen LogP contribution in [-0.4, -0.2) is 48.8 Å². The molecule has 1 saturated heterocycles. The standard InChI is InChI=1S/C17H24N2O3/c1-22-15-7-4-6-13(9-15)5-2-3-8-19-11-14(10-17(18)21)16(20)12-19/h2,4-7,9,14,16,20H,3,8,10-12H2,1H3,(H2,18,21)/b5-2+/t14-,16-/m1/s1. The van der Waals surface area contributed by atoms with E-state index in [1.54, 1.807) is 7.11 Å². The number of carbonyl (C=O) groups excluding carboxylic acids is 1. The topological polar surface area (TPSA) is 75.8 Å². The summed E-state index contributed by atoms with van der Waals surface area (Å²) in [6.45, 7) is 2.22. The summed E-state index contributed by atoms with van der Waals surface area (Å²) in [5.74, 6) is 0.475. The van der Waals surface area contributed by atoms with E-state index in [0.29, 0.717) is 6.54 Å². The van der Waals surface area contributed by atoms with Crippen LogP contribution in [0.2, 0.25) is 0 Å². The molecule has 1 fully saturated rings. The minimum Gasteiger partial charge on any atom is -0.497 e. The first-order valence-corrected chi connectivity index (χ1v) is 7.58. The smallest absolute Gasteiger partial charge is 0.217 e. The average Bonchev–Trinajstić information content (AvgIpc) is 2.83. The Bertz CT molecular complexity index is 530. The second-order valence-electron chi connectivity index (χ2n) is 5.73. The molecule has 0 saturated carbocycles. The number of aliphatic hydroxyl groups is 1. The number of hydrogen-bond donors (Lipinski definition) is 2. The lowest BCUT2D eigenvalue weighted by atomic mass is 10.0. The number of hydrogen-bond acceptors (Lipinski definition) is 4. The fraction of sp³-hybridized carbons (Fsp3) is 0.471. The van der Waals surface area contributed by atoms with Crippen LogP contribution in [0.25, 0.3) is 6.08 Å². The Labute approximate surface area is 131 Å². The summed E-state index contributed by atoms with van der Waals surface area (Å²) in [5, 5.41) is 9.92. The van der Waals surface area contributed by atoms with Crippen molar-refractivity contribution in [2.24, 2.45) is 11.7 Å². The first kappa shape index (κ1) is 16.5. The molecular weight excluding hydrogens is 280 g/mol. The Hall–Kier alpha value is -1.85. The van der Waals surface area contributed by atoms with Gasteiger partial charge in [0.25, 0.3) is 0 Å². The molecule has 5 nitrogen and oxygen atoms in total. The molecule has 2 atom stereocenters. The number of carbonyl (C=O) groups is 1. The molecule has 0 unspecified atom stereocenters. The van der Waals surface area contributed by atoms with Gasteiger partial charge in [0.1, 0.15) is 5.75 Å². The van der Waals surface area contributed by atoms with Gasteiger partial charge in [-0.2, -0.15) is 0 Å². The molecule has 0 radical (unpaired) electrons. The Morgan fingerprint density at radius 3 is 3.05 bits per heavy atom. The average molecular weight is 304 g/mol. The van der Waals surface area contributed by atoms with E-state index >= 15 is 0 Å². The summed E-state index contributed by atoms with van der Waals surface area (Å²) >= 11 is 0. The zero-order valence-corrected chi connectivity index (χ0v) is 12.9. The number of methoxy groups -OCH3 is 1. The van der Waals surface area contributed by atoms with Crippen LogP contribution >= 0.6 is 0 Å². The van der Waals surface area contributed by atoms with Crippen molar-refractivity contribution in [2.45, 2.75) is 18.9 Å². The van der Waals surface area contributed by atoms with E-state index in [-0.39, 0.29) is 18.2 Å². The third-order valence-corrected chi connectivity index (χ3v) is 3.96. The number of nitrogens with zero attached hydrogens (tertiary/aromatic N) is 1. The minimum atomic E-state index is -0.449. The summed E-state index contributed by atoms with van der Waals surface area (Å²) in [6, 6.07) is 7.89. The molecular formula is C17H24N2O3. The Kier molecular flexibility index (Phi) is 5.98. The third-order valence-electron chi connectivity index (χ3n) is 3.96. The van der Waals surface area contributed by atoms with Crippen molar-refractivity contribution in [3.63, 3.8) is 0 Å². The monoisotopic (exact) mass is 304 g/mol. The molecule has 0 aliphatic carbocycles. The molecule has 1 heterocycles. The second-order valence-corrected chi connectivity index (χ2v) is 5.73. The molecule has 1 aromatic rings. The molecule has 2 rings (SSSR count). The Morgan fingerprint density at radius 2 is 2.32 bits per heavy atom. The molecule has 1 aliphatic rings. The highest BCUT2D eigenvalue weighted by molar-refractivity contribution is 5.74. The van der Waals surface area contributed by atoms with Crippen LogP contribution in [-0.2, 0) is 4.79 Å². The van der Waals surface area contributed by atoms with Crippen LogP contribution in [0.15, 0.2) is 30.3 Å². The lowest BCUT2D eigenvalue weighted by Gasteiger charge is -2.13. The Morgan fingerprint density at radius 1 is 1.50 bits per heavy atom. The van der Waals surface area contributed by atoms with Crippen LogP contribution in [0.1, 0.15) is 18.4 Å². The summed E-state index contributed by atoms with van der Waals surface area (Å²) in [7, 11) is 1.66. The molecule has 1 aliphatic heterocycles. The van der Waals surface area contributed by atoms with Crippen LogP contribution in [0, 0.1) is 5.92 Å². The van der Waals surface area contributed by atoms with Crippen molar-refractivity contribution >= 4 is 12.0 Å². The fourth-order valence-electron chi connectivity index (χ4n) is 2.80. The van der Waals surface area contributed by atoms with Crippen molar-refractivity contribution in [2.75, 3.05) is 26.7 Å². The van der Waals surface area contributed by atoms with Crippen molar-refractivity contribution < 1.29 is 14.6 Å². The van der Waals surface area contributed by atoms with E-state index in [9.17, 15) is 9.90 Å². The van der Waals surface area contributed by atoms with E-state index in [4.69, 9.17) is 10.5 Å². The van der Waals surface area contributed by atoms with Gasteiger partial charge in [-0.25, -0.2) is 0 Å². The number of likely N-dealkylation sites (tertiary alicyclic amines) is 1. The summed E-state index contributed by atoms with van der Waals surface area (Å²) in [5.41, 5.74) is 6.30. The van der Waals surface area contributed by atoms with E-state index in [1.165, 1.54) is 0 Å². The molecule has 5 heteroatoms. The molecule has 1 aromatic carbocycles. The maximum Gasteiger partial charge on any atom is 0.217 e. The molecule has 3 N–H and O–H groups in total. The van der Waals surface area contributed by atoms with E-state index in [2.05, 4.69) is 17.1 Å². The van der Waals surface area contributed by atoms with E-state index in [1.807, 2.05) is 24.3 Å². The number of rotatable bonds is 7. The van der Waals surface area contributed by atoms with Crippen LogP contribution in [0.3, 0.4) is 0 Å². The van der Waals surface area contributed by atoms with Crippen LogP contribution < -0.4 is 10.5 Å². The second kappa shape index (κ2) is 7.96. The van der Waals surface area contributed by atoms with Gasteiger partial charge in [0, 0.05) is 32.0 Å². The van der Waals surface area contributed by atoms with Gasteiger partial charge in [-0.1, -0.05) is 24.3 Å². The molecule has 0 bridgehead atoms. The first-order valence-electron chi connectivity index (χ1n) is 7.58. The quantitative estimate of drug-likeness (QED) is 0.795. The van der Waals surface area contributed by atoms with Crippen molar-refractivity contribution in [1.29, 1.82) is 0 Å². The number of β-amino-alcohol motifs (C(OH)–C–C–N with tert-alkyl or cyclic N) is 1. The summed E-state index contributed by atoms with van der Waals surface area (Å²) in [4.78, 5) is 13.1. The minimum absolute atomic E-state index is 0.0279. The van der Waals surface area contributed by atoms with Gasteiger partial charge in [0.05, 0.1) is 13.2 Å². The van der Waals surface area contributed by atoms with Gasteiger partial charge < -0.3 is 20.5 Å². The van der Waals surface area contributed by atoms with Gasteiger partial charge in [0.15, 0.2) is 0 Å². The lowest BCUT2D eigenvalue weighted by molar-refractivity contribution is -0.119. The molecule has 0 spiro atoms. The van der Waals surface area contributed by atoms with E-state index in [0.717, 1.165) is 30.8 Å². The lowest BCUT2D eigenvalue weighted by Crippen LogP contribution is -2.24. The van der Waals surface area contributed by atoms with Crippen molar-refractivity contribution in [1.82, 2.24) is 4.90 Å². The predicted molar refractivity (Wildman–Crippen MR) is 86.4 cm³/mol. The maximum atomic E-state index is 10.9. The molecule has 120 valence electrons. The van der Waals surface area contributed by atoms with Gasteiger partial charge in [-0.05, 0) is 24.1 Å². The number of primary amides is 1. The zero-order valence-electron chi connectivity index (χ0n) is 12.9. The number of benzene rings is 1. The number of ether oxygens (including phenoxy) is 1. The largest absolute Gasteiger partial charge is 0.497 e. The van der Waals surface area contributed by atoms with E-state index < -0.39 is 6.10 Å². The molecule has 0 aromatic heterocycles. The maximum absolute atomic E-state index is 10.9.